The molecule has 1 atom stereocenters. The third-order valence-electron chi connectivity index (χ3n) is 3.85. The van der Waals surface area contributed by atoms with Crippen molar-refractivity contribution in [2.24, 2.45) is 11.7 Å². The zero-order chi connectivity index (χ0) is 14.5. The van der Waals surface area contributed by atoms with Crippen LogP contribution in [0.1, 0.15) is 38.3 Å². The van der Waals surface area contributed by atoms with E-state index in [2.05, 4.69) is 44.3 Å². The van der Waals surface area contributed by atoms with E-state index >= 15 is 0 Å². The Hall–Kier alpha value is -1.35. The maximum atomic E-state index is 12.0. The topological polar surface area (TPSA) is 55.1 Å². The molecular weight excluding hydrogens is 236 g/mol. The molecule has 1 aromatic carbocycles. The molecule has 106 valence electrons. The number of rotatable bonds is 6. The van der Waals surface area contributed by atoms with Crippen molar-refractivity contribution < 1.29 is 4.79 Å². The number of amides is 1. The standard InChI is InChI=1S/C16H26N2O/c1-12(2)16(4,11-17)18-15(19)9-8-14-7-5-6-13(3)10-14/h5-7,10,12H,8-9,11,17H2,1-4H3,(H,18,19). The van der Waals surface area contributed by atoms with Gasteiger partial charge in [0, 0.05) is 13.0 Å². The van der Waals surface area contributed by atoms with Gasteiger partial charge in [-0.25, -0.2) is 0 Å². The van der Waals surface area contributed by atoms with Crippen molar-refractivity contribution in [3.63, 3.8) is 0 Å². The molecule has 1 unspecified atom stereocenters. The molecule has 0 saturated heterocycles. The van der Waals surface area contributed by atoms with Crippen molar-refractivity contribution in [3.05, 3.63) is 35.4 Å². The molecule has 3 N–H and O–H groups in total. The van der Waals surface area contributed by atoms with Crippen LogP contribution in [0.15, 0.2) is 24.3 Å². The molecule has 0 fully saturated rings. The molecule has 0 spiro atoms. The van der Waals surface area contributed by atoms with Gasteiger partial charge in [-0.15, -0.1) is 0 Å². The maximum absolute atomic E-state index is 12.0. The summed E-state index contributed by atoms with van der Waals surface area (Å²) in [6.07, 6.45) is 1.28. The molecule has 1 aromatic rings. The van der Waals surface area contributed by atoms with E-state index in [9.17, 15) is 4.79 Å². The third-order valence-corrected chi connectivity index (χ3v) is 3.85. The monoisotopic (exact) mass is 262 g/mol. The van der Waals surface area contributed by atoms with Gasteiger partial charge in [-0.3, -0.25) is 4.79 Å². The van der Waals surface area contributed by atoms with Crippen LogP contribution in [0.4, 0.5) is 0 Å². The van der Waals surface area contributed by atoms with E-state index in [0.717, 1.165) is 6.42 Å². The average molecular weight is 262 g/mol. The third kappa shape index (κ3) is 4.67. The van der Waals surface area contributed by atoms with E-state index in [1.165, 1.54) is 11.1 Å². The van der Waals surface area contributed by atoms with Gasteiger partial charge in [-0.05, 0) is 31.7 Å². The first-order chi connectivity index (χ1) is 8.87. The van der Waals surface area contributed by atoms with Gasteiger partial charge in [0.05, 0.1) is 5.54 Å². The lowest BCUT2D eigenvalue weighted by atomic mass is 9.88. The number of hydrogen-bond donors (Lipinski definition) is 2. The fraction of sp³-hybridized carbons (Fsp3) is 0.562. The lowest BCUT2D eigenvalue weighted by Crippen LogP contribution is -2.55. The zero-order valence-corrected chi connectivity index (χ0v) is 12.5. The van der Waals surface area contributed by atoms with E-state index in [4.69, 9.17) is 5.73 Å². The summed E-state index contributed by atoms with van der Waals surface area (Å²) in [6, 6.07) is 8.28. The molecule has 0 aromatic heterocycles. The highest BCUT2D eigenvalue weighted by Crippen LogP contribution is 2.15. The SMILES string of the molecule is Cc1cccc(CCC(=O)NC(C)(CN)C(C)C)c1. The summed E-state index contributed by atoms with van der Waals surface area (Å²) >= 11 is 0. The highest BCUT2D eigenvalue weighted by Gasteiger charge is 2.28. The van der Waals surface area contributed by atoms with Crippen LogP contribution >= 0.6 is 0 Å². The van der Waals surface area contributed by atoms with Crippen molar-refractivity contribution in [1.29, 1.82) is 0 Å². The van der Waals surface area contributed by atoms with Gasteiger partial charge in [0.25, 0.3) is 0 Å². The van der Waals surface area contributed by atoms with Gasteiger partial charge < -0.3 is 11.1 Å². The molecule has 3 nitrogen and oxygen atoms in total. The predicted molar refractivity (Wildman–Crippen MR) is 79.9 cm³/mol. The Labute approximate surface area is 116 Å². The quantitative estimate of drug-likeness (QED) is 0.827. The van der Waals surface area contributed by atoms with Crippen LogP contribution in [0, 0.1) is 12.8 Å². The molecule has 0 aliphatic rings. The summed E-state index contributed by atoms with van der Waals surface area (Å²) in [5.74, 6) is 0.392. The maximum Gasteiger partial charge on any atom is 0.220 e. The van der Waals surface area contributed by atoms with Crippen LogP contribution < -0.4 is 11.1 Å². The van der Waals surface area contributed by atoms with Crippen molar-refractivity contribution in [2.75, 3.05) is 6.54 Å². The normalized spacial score (nSPS) is 14.2. The van der Waals surface area contributed by atoms with E-state index in [1.54, 1.807) is 0 Å². The average Bonchev–Trinajstić information content (AvgIpc) is 2.36. The summed E-state index contributed by atoms with van der Waals surface area (Å²) in [7, 11) is 0. The van der Waals surface area contributed by atoms with Crippen LogP contribution in [-0.4, -0.2) is 18.0 Å². The second kappa shape index (κ2) is 6.71. The van der Waals surface area contributed by atoms with Gasteiger partial charge in [0.2, 0.25) is 5.91 Å². The Balaban J connectivity index is 2.52. The van der Waals surface area contributed by atoms with Crippen LogP contribution in [0.25, 0.3) is 0 Å². The number of nitrogens with one attached hydrogen (secondary N) is 1. The minimum Gasteiger partial charge on any atom is -0.349 e. The summed E-state index contributed by atoms with van der Waals surface area (Å²) in [5.41, 5.74) is 7.88. The summed E-state index contributed by atoms with van der Waals surface area (Å²) in [6.45, 7) is 8.68. The fourth-order valence-corrected chi connectivity index (χ4v) is 1.94. The lowest BCUT2D eigenvalue weighted by molar-refractivity contribution is -0.123. The zero-order valence-electron chi connectivity index (χ0n) is 12.5. The molecule has 1 amide bonds. The second-order valence-corrected chi connectivity index (χ2v) is 5.81. The molecule has 0 bridgehead atoms. The van der Waals surface area contributed by atoms with E-state index in [1.807, 2.05) is 13.0 Å². The Kier molecular flexibility index (Phi) is 5.55. The molecule has 0 heterocycles. The fourth-order valence-electron chi connectivity index (χ4n) is 1.94. The van der Waals surface area contributed by atoms with Gasteiger partial charge in [0.1, 0.15) is 0 Å². The summed E-state index contributed by atoms with van der Waals surface area (Å²) in [5, 5.41) is 3.06. The predicted octanol–water partition coefficient (Wildman–Crippen LogP) is 2.42. The Morgan fingerprint density at radius 2 is 2.11 bits per heavy atom. The lowest BCUT2D eigenvalue weighted by Gasteiger charge is -2.33. The number of hydrogen-bond acceptors (Lipinski definition) is 2. The van der Waals surface area contributed by atoms with Gasteiger partial charge in [-0.2, -0.15) is 0 Å². The molecule has 1 rings (SSSR count). The van der Waals surface area contributed by atoms with Crippen molar-refractivity contribution in [1.82, 2.24) is 5.32 Å². The van der Waals surface area contributed by atoms with E-state index in [-0.39, 0.29) is 11.4 Å². The highest BCUT2D eigenvalue weighted by molar-refractivity contribution is 5.77. The van der Waals surface area contributed by atoms with E-state index < -0.39 is 0 Å². The molecule has 19 heavy (non-hydrogen) atoms. The summed E-state index contributed by atoms with van der Waals surface area (Å²) in [4.78, 5) is 12.0. The number of benzene rings is 1. The van der Waals surface area contributed by atoms with Crippen LogP contribution in [-0.2, 0) is 11.2 Å². The largest absolute Gasteiger partial charge is 0.349 e. The molecule has 0 saturated carbocycles. The first-order valence-corrected chi connectivity index (χ1v) is 6.94. The second-order valence-electron chi connectivity index (χ2n) is 5.81. The molecule has 0 aliphatic heterocycles. The molecule has 0 radical (unpaired) electrons. The Morgan fingerprint density at radius 1 is 1.42 bits per heavy atom. The van der Waals surface area contributed by atoms with Crippen LogP contribution in [0.5, 0.6) is 0 Å². The van der Waals surface area contributed by atoms with Gasteiger partial charge in [0.15, 0.2) is 0 Å². The smallest absolute Gasteiger partial charge is 0.220 e. The minimum atomic E-state index is -0.316. The highest BCUT2D eigenvalue weighted by atomic mass is 16.1. The van der Waals surface area contributed by atoms with Gasteiger partial charge >= 0.3 is 0 Å². The molecular formula is C16H26N2O. The molecule has 0 aliphatic carbocycles. The number of carbonyl (C=O) groups is 1. The van der Waals surface area contributed by atoms with Crippen molar-refractivity contribution in [2.45, 2.75) is 46.1 Å². The number of carbonyl (C=O) groups excluding carboxylic acids is 1. The van der Waals surface area contributed by atoms with Crippen molar-refractivity contribution in [3.8, 4) is 0 Å². The number of nitrogens with two attached hydrogens (primary N) is 1. The van der Waals surface area contributed by atoms with Crippen LogP contribution in [0.3, 0.4) is 0 Å². The Bertz CT molecular complexity index is 429. The van der Waals surface area contributed by atoms with Crippen LogP contribution in [0.2, 0.25) is 0 Å². The molecule has 3 heteroatoms. The van der Waals surface area contributed by atoms with Crippen molar-refractivity contribution >= 4 is 5.91 Å². The van der Waals surface area contributed by atoms with E-state index in [0.29, 0.717) is 18.9 Å². The number of aryl methyl sites for hydroxylation is 2. The minimum absolute atomic E-state index is 0.0724. The summed E-state index contributed by atoms with van der Waals surface area (Å²) < 4.78 is 0. The van der Waals surface area contributed by atoms with Gasteiger partial charge in [-0.1, -0.05) is 43.7 Å². The Morgan fingerprint density at radius 3 is 2.63 bits per heavy atom. The first-order valence-electron chi connectivity index (χ1n) is 6.94. The first kappa shape index (κ1) is 15.7.